The molecule has 0 aromatic carbocycles. The Bertz CT molecular complexity index is 211. The fraction of sp³-hybridized carbons (Fsp3) is 0.900. The number of unbranched alkanes of at least 4 members (excludes halogenated alkanes) is 3. The maximum atomic E-state index is 11.2. The zero-order valence-electron chi connectivity index (χ0n) is 9.41. The molecule has 0 bridgehead atoms. The van der Waals surface area contributed by atoms with Crippen LogP contribution in [0.25, 0.3) is 10.4 Å². The summed E-state index contributed by atoms with van der Waals surface area (Å²) in [6.45, 7) is 3.32. The van der Waals surface area contributed by atoms with Gasteiger partial charge in [-0.25, -0.2) is 0 Å². The third-order valence-electron chi connectivity index (χ3n) is 2.08. The molecule has 0 aliphatic carbocycles. The minimum Gasteiger partial charge on any atom is -0.356 e. The topological polar surface area (TPSA) is 77.9 Å². The summed E-state index contributed by atoms with van der Waals surface area (Å²) in [5.41, 5.74) is 8.02. The van der Waals surface area contributed by atoms with E-state index < -0.39 is 0 Å². The van der Waals surface area contributed by atoms with Gasteiger partial charge in [0.05, 0.1) is 0 Å². The van der Waals surface area contributed by atoms with Crippen LogP contribution in [0.2, 0.25) is 0 Å². The van der Waals surface area contributed by atoms with E-state index in [0.717, 1.165) is 32.1 Å². The lowest BCUT2D eigenvalue weighted by molar-refractivity contribution is -0.121. The fourth-order valence-electron chi connectivity index (χ4n) is 1.20. The number of carbonyl (C=O) groups excluding carboxylic acids is 1. The number of amides is 1. The van der Waals surface area contributed by atoms with Crippen LogP contribution in [0.3, 0.4) is 0 Å². The van der Waals surface area contributed by atoms with Crippen molar-refractivity contribution in [2.24, 2.45) is 5.11 Å². The SMILES string of the molecule is CCCCCC(=O)NCCCCN=[N+]=[N-]. The highest BCUT2D eigenvalue weighted by Crippen LogP contribution is 1.98. The Morgan fingerprint density at radius 1 is 1.33 bits per heavy atom. The van der Waals surface area contributed by atoms with Crippen molar-refractivity contribution in [3.05, 3.63) is 10.4 Å². The average Bonchev–Trinajstić information content (AvgIpc) is 2.23. The van der Waals surface area contributed by atoms with Crippen molar-refractivity contribution in [1.29, 1.82) is 0 Å². The van der Waals surface area contributed by atoms with Crippen LogP contribution < -0.4 is 5.32 Å². The quantitative estimate of drug-likeness (QED) is 0.271. The molecule has 1 N–H and O–H groups in total. The largest absolute Gasteiger partial charge is 0.356 e. The Labute approximate surface area is 90.9 Å². The van der Waals surface area contributed by atoms with Gasteiger partial charge >= 0.3 is 0 Å². The fourth-order valence-corrected chi connectivity index (χ4v) is 1.20. The second-order valence-electron chi connectivity index (χ2n) is 3.47. The van der Waals surface area contributed by atoms with Gasteiger partial charge in [0.15, 0.2) is 0 Å². The van der Waals surface area contributed by atoms with Crippen LogP contribution in [0.1, 0.15) is 45.4 Å². The van der Waals surface area contributed by atoms with Crippen LogP contribution in [0, 0.1) is 0 Å². The molecule has 0 fully saturated rings. The first-order chi connectivity index (χ1) is 7.31. The Morgan fingerprint density at radius 3 is 2.80 bits per heavy atom. The predicted molar refractivity (Wildman–Crippen MR) is 60.4 cm³/mol. The first-order valence-corrected chi connectivity index (χ1v) is 5.58. The zero-order valence-corrected chi connectivity index (χ0v) is 9.41. The smallest absolute Gasteiger partial charge is 0.219 e. The first kappa shape index (κ1) is 13.8. The predicted octanol–water partition coefficient (Wildman–Crippen LogP) is 2.77. The standard InChI is InChI=1S/C10H20N4O/c1-2-3-4-7-10(15)12-8-5-6-9-13-14-11/h2-9H2,1H3,(H,12,15). The second kappa shape index (κ2) is 10.9. The molecular weight excluding hydrogens is 192 g/mol. The van der Waals surface area contributed by atoms with Crippen molar-refractivity contribution in [2.45, 2.75) is 45.4 Å². The van der Waals surface area contributed by atoms with Gasteiger partial charge in [-0.1, -0.05) is 24.9 Å². The van der Waals surface area contributed by atoms with E-state index in [2.05, 4.69) is 22.3 Å². The molecular formula is C10H20N4O. The van der Waals surface area contributed by atoms with Gasteiger partial charge < -0.3 is 5.32 Å². The molecule has 0 unspecified atom stereocenters. The van der Waals surface area contributed by atoms with E-state index >= 15 is 0 Å². The molecule has 0 saturated heterocycles. The van der Waals surface area contributed by atoms with Crippen molar-refractivity contribution >= 4 is 5.91 Å². The summed E-state index contributed by atoms with van der Waals surface area (Å²) >= 11 is 0. The number of hydrogen-bond donors (Lipinski definition) is 1. The molecule has 0 saturated carbocycles. The van der Waals surface area contributed by atoms with Crippen LogP contribution in [0.15, 0.2) is 5.11 Å². The lowest BCUT2D eigenvalue weighted by atomic mass is 10.2. The Kier molecular flexibility index (Phi) is 9.98. The monoisotopic (exact) mass is 212 g/mol. The molecule has 0 spiro atoms. The average molecular weight is 212 g/mol. The Balaban J connectivity index is 3.20. The highest BCUT2D eigenvalue weighted by Gasteiger charge is 1.98. The van der Waals surface area contributed by atoms with Gasteiger partial charge in [0.25, 0.3) is 0 Å². The number of carbonyl (C=O) groups is 1. The van der Waals surface area contributed by atoms with Gasteiger partial charge in [0, 0.05) is 24.4 Å². The van der Waals surface area contributed by atoms with Gasteiger partial charge in [0.1, 0.15) is 0 Å². The summed E-state index contributed by atoms with van der Waals surface area (Å²) in [6, 6.07) is 0. The van der Waals surface area contributed by atoms with Crippen LogP contribution >= 0.6 is 0 Å². The summed E-state index contributed by atoms with van der Waals surface area (Å²) in [4.78, 5) is 13.9. The number of nitrogens with zero attached hydrogens (tertiary/aromatic N) is 3. The normalized spacial score (nSPS) is 9.40. The van der Waals surface area contributed by atoms with E-state index in [1.807, 2.05) is 0 Å². The number of hydrogen-bond acceptors (Lipinski definition) is 2. The molecule has 0 rings (SSSR count). The lowest BCUT2D eigenvalue weighted by Gasteiger charge is -2.03. The first-order valence-electron chi connectivity index (χ1n) is 5.58. The lowest BCUT2D eigenvalue weighted by Crippen LogP contribution is -2.24. The molecule has 15 heavy (non-hydrogen) atoms. The molecule has 0 atom stereocenters. The van der Waals surface area contributed by atoms with Crippen molar-refractivity contribution in [3.63, 3.8) is 0 Å². The molecule has 0 aromatic heterocycles. The van der Waals surface area contributed by atoms with Crippen LogP contribution in [0.4, 0.5) is 0 Å². The molecule has 0 heterocycles. The molecule has 0 aliphatic heterocycles. The molecule has 0 aliphatic rings. The van der Waals surface area contributed by atoms with E-state index in [4.69, 9.17) is 5.53 Å². The maximum absolute atomic E-state index is 11.2. The highest BCUT2D eigenvalue weighted by molar-refractivity contribution is 5.75. The second-order valence-corrected chi connectivity index (χ2v) is 3.47. The van der Waals surface area contributed by atoms with E-state index in [0.29, 0.717) is 19.5 Å². The number of rotatable bonds is 9. The third-order valence-corrected chi connectivity index (χ3v) is 2.08. The summed E-state index contributed by atoms with van der Waals surface area (Å²) in [5, 5.41) is 6.26. The van der Waals surface area contributed by atoms with Crippen molar-refractivity contribution < 1.29 is 4.79 Å². The van der Waals surface area contributed by atoms with Gasteiger partial charge in [-0.05, 0) is 24.8 Å². The summed E-state index contributed by atoms with van der Waals surface area (Å²) in [7, 11) is 0. The van der Waals surface area contributed by atoms with Crippen molar-refractivity contribution in [3.8, 4) is 0 Å². The minimum absolute atomic E-state index is 0.132. The molecule has 5 nitrogen and oxygen atoms in total. The molecule has 5 heteroatoms. The maximum Gasteiger partial charge on any atom is 0.219 e. The van der Waals surface area contributed by atoms with Crippen LogP contribution in [0.5, 0.6) is 0 Å². The van der Waals surface area contributed by atoms with Crippen molar-refractivity contribution in [1.82, 2.24) is 5.32 Å². The minimum atomic E-state index is 0.132. The van der Waals surface area contributed by atoms with Gasteiger partial charge in [-0.2, -0.15) is 0 Å². The van der Waals surface area contributed by atoms with E-state index in [1.54, 1.807) is 0 Å². The van der Waals surface area contributed by atoms with Crippen LogP contribution in [-0.2, 0) is 4.79 Å². The third kappa shape index (κ3) is 10.7. The van der Waals surface area contributed by atoms with Crippen LogP contribution in [-0.4, -0.2) is 19.0 Å². The number of nitrogens with one attached hydrogen (secondary N) is 1. The van der Waals surface area contributed by atoms with Gasteiger partial charge in [-0.3, -0.25) is 4.79 Å². The van der Waals surface area contributed by atoms with Gasteiger partial charge in [-0.15, -0.1) is 0 Å². The Hall–Kier alpha value is -1.22. The molecule has 0 aromatic rings. The summed E-state index contributed by atoms with van der Waals surface area (Å²) in [6.07, 6.45) is 5.56. The van der Waals surface area contributed by atoms with E-state index in [9.17, 15) is 4.79 Å². The zero-order chi connectivity index (χ0) is 11.4. The summed E-state index contributed by atoms with van der Waals surface area (Å²) in [5.74, 6) is 0.132. The summed E-state index contributed by atoms with van der Waals surface area (Å²) < 4.78 is 0. The van der Waals surface area contributed by atoms with Gasteiger partial charge in [0.2, 0.25) is 5.91 Å². The van der Waals surface area contributed by atoms with Crippen molar-refractivity contribution in [2.75, 3.05) is 13.1 Å². The van der Waals surface area contributed by atoms with E-state index in [1.165, 1.54) is 0 Å². The Morgan fingerprint density at radius 2 is 2.13 bits per heavy atom. The number of azide groups is 1. The molecule has 86 valence electrons. The molecule has 0 radical (unpaired) electrons. The van der Waals surface area contributed by atoms with E-state index in [-0.39, 0.29) is 5.91 Å². The highest BCUT2D eigenvalue weighted by atomic mass is 16.1. The molecule has 1 amide bonds.